The van der Waals surface area contributed by atoms with Crippen molar-refractivity contribution in [3.8, 4) is 0 Å². The summed E-state index contributed by atoms with van der Waals surface area (Å²) in [5.74, 6) is -0.00765. The van der Waals surface area contributed by atoms with Crippen LogP contribution in [0.1, 0.15) is 60.2 Å². The highest BCUT2D eigenvalue weighted by molar-refractivity contribution is 7.91. The number of amides is 1. The molecule has 186 valence electrons. The molecule has 2 heterocycles. The molecule has 2 aromatic rings. The van der Waals surface area contributed by atoms with Gasteiger partial charge in [0.05, 0.1) is 33.8 Å². The molecule has 3 N–H and O–H groups in total. The topological polar surface area (TPSA) is 142 Å². The predicted octanol–water partition coefficient (Wildman–Crippen LogP) is 3.58. The number of thiazole rings is 1. The zero-order valence-electron chi connectivity index (χ0n) is 19.3. The van der Waals surface area contributed by atoms with Gasteiger partial charge in [-0.05, 0) is 50.7 Å². The highest BCUT2D eigenvalue weighted by atomic mass is 32.2. The Labute approximate surface area is 208 Å². The van der Waals surface area contributed by atoms with Crippen LogP contribution in [0, 0.1) is 0 Å². The van der Waals surface area contributed by atoms with Crippen molar-refractivity contribution in [3.63, 3.8) is 0 Å². The molecule has 0 spiro atoms. The van der Waals surface area contributed by atoms with Crippen LogP contribution in [0.15, 0.2) is 46.9 Å². The number of allylic oxidation sites excluding steroid dienone is 3. The summed E-state index contributed by atoms with van der Waals surface area (Å²) < 4.78 is 36.6. The van der Waals surface area contributed by atoms with Gasteiger partial charge in [0.15, 0.2) is 0 Å². The predicted molar refractivity (Wildman–Crippen MR) is 134 cm³/mol. The van der Waals surface area contributed by atoms with Gasteiger partial charge in [0.2, 0.25) is 0 Å². The molecule has 5 rings (SSSR count). The molecule has 2 fully saturated rings. The van der Waals surface area contributed by atoms with E-state index in [1.54, 1.807) is 28.3 Å². The van der Waals surface area contributed by atoms with Gasteiger partial charge < -0.3 is 15.8 Å². The number of nitrogens with one attached hydrogen (secondary N) is 1. The van der Waals surface area contributed by atoms with E-state index >= 15 is 0 Å². The molecule has 1 atom stereocenters. The van der Waals surface area contributed by atoms with Gasteiger partial charge in [-0.25, -0.2) is 18.2 Å². The second-order valence-corrected chi connectivity index (χ2v) is 12.2. The van der Waals surface area contributed by atoms with Crippen LogP contribution in [0.3, 0.4) is 0 Å². The number of hydrogen-bond donors (Lipinski definition) is 2. The van der Waals surface area contributed by atoms with Crippen LogP contribution in [0.2, 0.25) is 0 Å². The minimum atomic E-state index is -3.55. The quantitative estimate of drug-likeness (QED) is 0.573. The van der Waals surface area contributed by atoms with E-state index in [0.717, 1.165) is 47.0 Å². The minimum Gasteiger partial charge on any atom is -0.446 e. The number of nitrogens with two attached hydrogens (primary N) is 1. The molecule has 10 nitrogen and oxygen atoms in total. The van der Waals surface area contributed by atoms with Gasteiger partial charge in [-0.1, -0.05) is 6.08 Å². The molecule has 1 unspecified atom stereocenters. The number of rotatable bonds is 7. The van der Waals surface area contributed by atoms with Gasteiger partial charge >= 0.3 is 6.09 Å². The number of primary amides is 1. The Balaban J connectivity index is 1.36. The Bertz CT molecular complexity index is 1300. The summed E-state index contributed by atoms with van der Waals surface area (Å²) in [6.45, 7) is 0. The molecule has 3 aliphatic rings. The first-order chi connectivity index (χ1) is 16.8. The van der Waals surface area contributed by atoms with E-state index in [9.17, 15) is 13.2 Å². The first-order valence-corrected chi connectivity index (χ1v) is 14.0. The Hall–Kier alpha value is -2.99. The Morgan fingerprint density at radius 3 is 2.66 bits per heavy atom. The van der Waals surface area contributed by atoms with E-state index < -0.39 is 16.1 Å². The van der Waals surface area contributed by atoms with Crippen molar-refractivity contribution in [2.24, 2.45) is 17.2 Å². The molecule has 0 radical (unpaired) electrons. The molecule has 1 amide bonds. The molecule has 0 bridgehead atoms. The van der Waals surface area contributed by atoms with Crippen molar-refractivity contribution >= 4 is 38.9 Å². The molecule has 0 aliphatic heterocycles. The first-order valence-electron chi connectivity index (χ1n) is 11.7. The average Bonchev–Trinajstić information content (AvgIpc) is 3.44. The zero-order valence-corrected chi connectivity index (χ0v) is 21.0. The third kappa shape index (κ3) is 5.64. The molecule has 12 heteroatoms. The van der Waals surface area contributed by atoms with Crippen molar-refractivity contribution in [2.45, 2.75) is 61.7 Å². The van der Waals surface area contributed by atoms with Gasteiger partial charge in [0.25, 0.3) is 10.0 Å². The number of aryl methyl sites for hydroxylation is 1. The number of hydrogen-bond acceptors (Lipinski definition) is 8. The smallest absolute Gasteiger partial charge is 0.404 e. The van der Waals surface area contributed by atoms with Crippen molar-refractivity contribution in [1.29, 1.82) is 0 Å². The van der Waals surface area contributed by atoms with Crippen LogP contribution in [-0.2, 0) is 21.8 Å². The summed E-state index contributed by atoms with van der Waals surface area (Å²) in [6, 6.07) is 0. The fraction of sp³-hybridized carbons (Fsp3) is 0.478. The van der Waals surface area contributed by atoms with Crippen LogP contribution in [0.5, 0.6) is 0 Å². The van der Waals surface area contributed by atoms with Gasteiger partial charge in [-0.2, -0.15) is 9.50 Å². The summed E-state index contributed by atoms with van der Waals surface area (Å²) in [5, 5.41) is 8.06. The van der Waals surface area contributed by atoms with Crippen molar-refractivity contribution in [3.05, 3.63) is 52.4 Å². The summed E-state index contributed by atoms with van der Waals surface area (Å²) >= 11 is 1.59. The molecular formula is C23H28N6O4S2. The molecular weight excluding hydrogens is 488 g/mol. The maximum absolute atomic E-state index is 12.7. The highest BCUT2D eigenvalue weighted by Crippen LogP contribution is 2.39. The molecule has 2 saturated carbocycles. The summed E-state index contributed by atoms with van der Waals surface area (Å²) in [7, 11) is -1.72. The van der Waals surface area contributed by atoms with Crippen LogP contribution < -0.4 is 11.1 Å². The summed E-state index contributed by atoms with van der Waals surface area (Å²) in [4.78, 5) is 16.6. The lowest BCUT2D eigenvalue weighted by Gasteiger charge is -2.26. The van der Waals surface area contributed by atoms with Crippen molar-refractivity contribution < 1.29 is 17.9 Å². The lowest BCUT2D eigenvalue weighted by Crippen LogP contribution is -2.26. The third-order valence-corrected chi connectivity index (χ3v) is 9.44. The first kappa shape index (κ1) is 23.7. The van der Waals surface area contributed by atoms with Gasteiger partial charge in [-0.3, -0.25) is 4.68 Å². The normalized spacial score (nSPS) is 25.9. The van der Waals surface area contributed by atoms with E-state index in [1.165, 1.54) is 0 Å². The van der Waals surface area contributed by atoms with Crippen molar-refractivity contribution in [2.75, 3.05) is 5.32 Å². The molecule has 2 aromatic heterocycles. The van der Waals surface area contributed by atoms with E-state index in [0.29, 0.717) is 18.6 Å². The van der Waals surface area contributed by atoms with Crippen LogP contribution in [-0.4, -0.2) is 46.3 Å². The van der Waals surface area contributed by atoms with Gasteiger partial charge in [-0.15, -0.1) is 11.3 Å². The lowest BCUT2D eigenvalue weighted by atomic mass is 9.88. The van der Waals surface area contributed by atoms with E-state index in [2.05, 4.69) is 19.8 Å². The zero-order chi connectivity index (χ0) is 24.6. The van der Waals surface area contributed by atoms with Gasteiger partial charge in [0, 0.05) is 35.9 Å². The molecule has 0 aromatic carbocycles. The molecule has 35 heavy (non-hydrogen) atoms. The number of ether oxygens (including phenoxy) is 1. The number of sulfonamides is 1. The average molecular weight is 517 g/mol. The number of carbonyl (C=O) groups is 1. The number of aromatic nitrogens is 3. The number of nitrogens with zero attached hydrogens (tertiary/aromatic N) is 4. The standard InChI is InChI=1S/C23H28N6O4S2/c1-29-13-16(11-26-29)27-15-4-9-19(20(10-15)28-35(31,32)18-7-8-18)21-12-25-22(34-21)14-2-5-17(6-3-14)33-23(24)30/h4,9-14,17-19,27H,2-3,5-8H2,1H3,(H2,24,30). The van der Waals surface area contributed by atoms with E-state index in [4.69, 9.17) is 10.5 Å². The van der Waals surface area contributed by atoms with Crippen LogP contribution >= 0.6 is 11.3 Å². The lowest BCUT2D eigenvalue weighted by molar-refractivity contribution is 0.0787. The van der Waals surface area contributed by atoms with Crippen LogP contribution in [0.25, 0.3) is 0 Å². The highest BCUT2D eigenvalue weighted by Gasteiger charge is 2.37. The molecule has 0 saturated heterocycles. The second-order valence-electron chi connectivity index (χ2n) is 9.21. The van der Waals surface area contributed by atoms with Crippen molar-refractivity contribution in [1.82, 2.24) is 14.8 Å². The Morgan fingerprint density at radius 1 is 1.23 bits per heavy atom. The fourth-order valence-corrected chi connectivity index (χ4v) is 6.98. The van der Waals surface area contributed by atoms with Crippen LogP contribution in [0.4, 0.5) is 10.5 Å². The Kier molecular flexibility index (Phi) is 6.49. The fourth-order valence-electron chi connectivity index (χ4n) is 4.46. The summed E-state index contributed by atoms with van der Waals surface area (Å²) in [5.41, 5.74) is 7.18. The maximum Gasteiger partial charge on any atom is 0.404 e. The largest absolute Gasteiger partial charge is 0.446 e. The third-order valence-electron chi connectivity index (χ3n) is 6.42. The van der Waals surface area contributed by atoms with E-state index in [1.807, 2.05) is 31.6 Å². The monoisotopic (exact) mass is 516 g/mol. The maximum atomic E-state index is 12.7. The number of anilines is 1. The minimum absolute atomic E-state index is 0.133. The Morgan fingerprint density at radius 2 is 2.00 bits per heavy atom. The SMILES string of the molecule is Cn1cc(NC2=CC(=NS(=O)(=O)C3CC3)C(c3cnc(C4CCC(OC(N)=O)CC4)s3)C=C2)cn1. The molecule has 3 aliphatic carbocycles. The van der Waals surface area contributed by atoms with Gasteiger partial charge in [0.1, 0.15) is 6.10 Å². The van der Waals surface area contributed by atoms with E-state index in [-0.39, 0.29) is 23.2 Å². The summed E-state index contributed by atoms with van der Waals surface area (Å²) in [6.07, 6.45) is 14.8. The second kappa shape index (κ2) is 9.57. The number of carbonyl (C=O) groups excluding carboxylic acids is 1.